The van der Waals surface area contributed by atoms with Gasteiger partial charge in [-0.1, -0.05) is 26.2 Å². The molecule has 0 spiro atoms. The normalized spacial score (nSPS) is 33.7. The van der Waals surface area contributed by atoms with E-state index in [1.165, 1.54) is 0 Å². The van der Waals surface area contributed by atoms with E-state index in [4.69, 9.17) is 10.4 Å². The fourth-order valence-corrected chi connectivity index (χ4v) is 2.27. The summed E-state index contributed by atoms with van der Waals surface area (Å²) in [7, 11) is 0. The highest BCUT2D eigenvalue weighted by molar-refractivity contribution is 5.78. The second-order valence-electron chi connectivity index (χ2n) is 3.74. The molecule has 0 aromatic carbocycles. The van der Waals surface area contributed by atoms with Gasteiger partial charge in [-0.3, -0.25) is 4.79 Å². The van der Waals surface area contributed by atoms with E-state index in [1.807, 2.05) is 13.0 Å². The number of carboxylic acid groups (broad SMARTS) is 1. The lowest BCUT2D eigenvalue weighted by Gasteiger charge is -2.34. The zero-order chi connectivity index (χ0) is 9.90. The summed E-state index contributed by atoms with van der Waals surface area (Å²) in [6.07, 6.45) is 4.14. The zero-order valence-corrected chi connectivity index (χ0v) is 7.92. The maximum atomic E-state index is 11.1. The number of carboxylic acids is 1. The predicted molar refractivity (Wildman–Crippen MR) is 47.9 cm³/mol. The van der Waals surface area contributed by atoms with Crippen molar-refractivity contribution in [2.75, 3.05) is 0 Å². The van der Waals surface area contributed by atoms with Crippen molar-refractivity contribution in [3.8, 4) is 6.07 Å². The molecule has 0 aromatic heterocycles. The quantitative estimate of drug-likeness (QED) is 0.710. The van der Waals surface area contributed by atoms with Crippen LogP contribution >= 0.6 is 0 Å². The molecule has 1 aliphatic rings. The lowest BCUT2D eigenvalue weighted by atomic mass is 9.66. The molecule has 0 amide bonds. The number of aliphatic carboxylic acids is 1. The molecule has 1 N–H and O–H groups in total. The fraction of sp³-hybridized carbons (Fsp3) is 0.800. The summed E-state index contributed by atoms with van der Waals surface area (Å²) in [5, 5.41) is 18.1. The van der Waals surface area contributed by atoms with Gasteiger partial charge < -0.3 is 5.11 Å². The van der Waals surface area contributed by atoms with Gasteiger partial charge in [0.25, 0.3) is 0 Å². The van der Waals surface area contributed by atoms with Crippen LogP contribution in [0.1, 0.15) is 39.0 Å². The Labute approximate surface area is 78.4 Å². The number of nitriles is 1. The molecule has 1 fully saturated rings. The van der Waals surface area contributed by atoms with Crippen LogP contribution in [0, 0.1) is 22.7 Å². The van der Waals surface area contributed by atoms with Crippen molar-refractivity contribution in [2.45, 2.75) is 39.0 Å². The first-order valence-corrected chi connectivity index (χ1v) is 4.82. The van der Waals surface area contributed by atoms with Gasteiger partial charge in [0.2, 0.25) is 0 Å². The summed E-state index contributed by atoms with van der Waals surface area (Å²) in [5.41, 5.74) is -1.09. The number of hydrogen-bond donors (Lipinski definition) is 1. The summed E-state index contributed by atoms with van der Waals surface area (Å²) >= 11 is 0. The average Bonchev–Trinajstić information content (AvgIpc) is 2.17. The van der Waals surface area contributed by atoms with E-state index in [0.29, 0.717) is 6.42 Å². The minimum atomic E-state index is -1.09. The molecule has 0 radical (unpaired) electrons. The van der Waals surface area contributed by atoms with E-state index in [9.17, 15) is 4.79 Å². The zero-order valence-electron chi connectivity index (χ0n) is 7.92. The molecule has 0 heterocycles. The first-order valence-electron chi connectivity index (χ1n) is 4.82. The molecule has 0 saturated heterocycles. The molecule has 2 unspecified atom stereocenters. The van der Waals surface area contributed by atoms with Crippen LogP contribution in [0.3, 0.4) is 0 Å². The van der Waals surface area contributed by atoms with Crippen molar-refractivity contribution < 1.29 is 9.90 Å². The molecule has 0 aliphatic heterocycles. The van der Waals surface area contributed by atoms with Gasteiger partial charge in [-0.2, -0.15) is 5.26 Å². The van der Waals surface area contributed by atoms with Gasteiger partial charge in [0.1, 0.15) is 0 Å². The van der Waals surface area contributed by atoms with Gasteiger partial charge in [0, 0.05) is 0 Å². The van der Waals surface area contributed by atoms with Crippen LogP contribution in [0.5, 0.6) is 0 Å². The second-order valence-corrected chi connectivity index (χ2v) is 3.74. The largest absolute Gasteiger partial charge is 0.480 e. The SMILES string of the molecule is CCC1CCCCC1(C#N)C(=O)O. The summed E-state index contributed by atoms with van der Waals surface area (Å²) in [5.74, 6) is -0.884. The first-order chi connectivity index (χ1) is 6.17. The Balaban J connectivity index is 2.93. The average molecular weight is 181 g/mol. The smallest absolute Gasteiger partial charge is 0.324 e. The second kappa shape index (κ2) is 3.78. The highest BCUT2D eigenvalue weighted by atomic mass is 16.4. The summed E-state index contributed by atoms with van der Waals surface area (Å²) < 4.78 is 0. The van der Waals surface area contributed by atoms with Crippen LogP contribution in [-0.4, -0.2) is 11.1 Å². The summed E-state index contributed by atoms with van der Waals surface area (Å²) in [6, 6.07) is 2.02. The molecule has 1 rings (SSSR count). The molecule has 3 nitrogen and oxygen atoms in total. The third-order valence-electron chi connectivity index (χ3n) is 3.14. The number of carbonyl (C=O) groups is 1. The van der Waals surface area contributed by atoms with E-state index in [0.717, 1.165) is 25.7 Å². The minimum absolute atomic E-state index is 0.0451. The number of nitrogens with zero attached hydrogens (tertiary/aromatic N) is 1. The molecule has 13 heavy (non-hydrogen) atoms. The summed E-state index contributed by atoms with van der Waals surface area (Å²) in [6.45, 7) is 1.96. The van der Waals surface area contributed by atoms with Gasteiger partial charge in [-0.25, -0.2) is 0 Å². The third-order valence-corrected chi connectivity index (χ3v) is 3.14. The Morgan fingerprint density at radius 1 is 1.69 bits per heavy atom. The number of rotatable bonds is 2. The van der Waals surface area contributed by atoms with Crippen LogP contribution in [-0.2, 0) is 4.79 Å². The molecule has 3 heteroatoms. The van der Waals surface area contributed by atoms with E-state index in [1.54, 1.807) is 0 Å². The van der Waals surface area contributed by atoms with Gasteiger partial charge >= 0.3 is 5.97 Å². The lowest BCUT2D eigenvalue weighted by Crippen LogP contribution is -2.39. The van der Waals surface area contributed by atoms with Crippen molar-refractivity contribution in [2.24, 2.45) is 11.3 Å². The van der Waals surface area contributed by atoms with E-state index in [-0.39, 0.29) is 5.92 Å². The highest BCUT2D eigenvalue weighted by Gasteiger charge is 2.46. The molecule has 0 bridgehead atoms. The van der Waals surface area contributed by atoms with Gasteiger partial charge in [-0.05, 0) is 18.8 Å². The van der Waals surface area contributed by atoms with Crippen LogP contribution in [0.4, 0.5) is 0 Å². The first kappa shape index (κ1) is 10.0. The van der Waals surface area contributed by atoms with Crippen molar-refractivity contribution in [1.29, 1.82) is 5.26 Å². The molecule has 1 saturated carbocycles. The Kier molecular flexibility index (Phi) is 2.92. The Hall–Kier alpha value is -1.04. The molecule has 72 valence electrons. The lowest BCUT2D eigenvalue weighted by molar-refractivity contribution is -0.150. The monoisotopic (exact) mass is 181 g/mol. The fourth-order valence-electron chi connectivity index (χ4n) is 2.27. The van der Waals surface area contributed by atoms with Crippen LogP contribution in [0.2, 0.25) is 0 Å². The van der Waals surface area contributed by atoms with Gasteiger partial charge in [0.15, 0.2) is 5.41 Å². The van der Waals surface area contributed by atoms with Crippen LogP contribution in [0.25, 0.3) is 0 Å². The van der Waals surface area contributed by atoms with E-state index >= 15 is 0 Å². The Morgan fingerprint density at radius 3 is 2.77 bits per heavy atom. The molecule has 1 aliphatic carbocycles. The summed E-state index contributed by atoms with van der Waals surface area (Å²) in [4.78, 5) is 11.1. The Bertz CT molecular complexity index is 244. The van der Waals surface area contributed by atoms with Crippen LogP contribution < -0.4 is 0 Å². The maximum Gasteiger partial charge on any atom is 0.324 e. The van der Waals surface area contributed by atoms with Crippen LogP contribution in [0.15, 0.2) is 0 Å². The van der Waals surface area contributed by atoms with E-state index < -0.39 is 11.4 Å². The van der Waals surface area contributed by atoms with Crippen molar-refractivity contribution in [3.63, 3.8) is 0 Å². The molecule has 2 atom stereocenters. The van der Waals surface area contributed by atoms with E-state index in [2.05, 4.69) is 0 Å². The highest BCUT2D eigenvalue weighted by Crippen LogP contribution is 2.42. The Morgan fingerprint density at radius 2 is 2.38 bits per heavy atom. The van der Waals surface area contributed by atoms with Crippen molar-refractivity contribution >= 4 is 5.97 Å². The van der Waals surface area contributed by atoms with Crippen molar-refractivity contribution in [3.05, 3.63) is 0 Å². The van der Waals surface area contributed by atoms with Gasteiger partial charge in [-0.15, -0.1) is 0 Å². The number of hydrogen-bond acceptors (Lipinski definition) is 2. The maximum absolute atomic E-state index is 11.1. The predicted octanol–water partition coefficient (Wildman–Crippen LogP) is 2.18. The molecule has 0 aromatic rings. The molecular formula is C10H15NO2. The topological polar surface area (TPSA) is 61.1 Å². The minimum Gasteiger partial charge on any atom is -0.480 e. The van der Waals surface area contributed by atoms with Crippen molar-refractivity contribution in [1.82, 2.24) is 0 Å². The van der Waals surface area contributed by atoms with Gasteiger partial charge in [0.05, 0.1) is 6.07 Å². The molecular weight excluding hydrogens is 166 g/mol. The third kappa shape index (κ3) is 1.53. The standard InChI is InChI=1S/C10H15NO2/c1-2-8-5-3-4-6-10(8,7-11)9(12)13/h8H,2-6H2,1H3,(H,12,13).